The number of ether oxygens (including phenoxy) is 1. The summed E-state index contributed by atoms with van der Waals surface area (Å²) in [4.78, 5) is 24.6. The van der Waals surface area contributed by atoms with Gasteiger partial charge in [-0.15, -0.1) is 0 Å². The lowest BCUT2D eigenvalue weighted by Crippen LogP contribution is -2.26. The zero-order valence-corrected chi connectivity index (χ0v) is 24.2. The number of aryl methyl sites for hydroxylation is 2. The first-order chi connectivity index (χ1) is 20.9. The molecule has 3 aliphatic heterocycles. The molecule has 8 rings (SSSR count). The fraction of sp³-hybridized carbons (Fsp3) is 0.424. The van der Waals surface area contributed by atoms with Crippen molar-refractivity contribution >= 4 is 28.4 Å². The van der Waals surface area contributed by atoms with Crippen LogP contribution in [0.3, 0.4) is 0 Å². The molecule has 2 saturated heterocycles. The van der Waals surface area contributed by atoms with Crippen LogP contribution in [-0.4, -0.2) is 57.6 Å². The summed E-state index contributed by atoms with van der Waals surface area (Å²) in [5.41, 5.74) is 9.93. The Kier molecular flexibility index (Phi) is 6.27. The van der Waals surface area contributed by atoms with Gasteiger partial charge in [-0.05, 0) is 71.7 Å². The second-order valence-electron chi connectivity index (χ2n) is 12.3. The van der Waals surface area contributed by atoms with E-state index < -0.39 is 5.92 Å². The molecule has 4 aromatic rings. The van der Waals surface area contributed by atoms with Crippen LogP contribution in [0.5, 0.6) is 0 Å². The predicted molar refractivity (Wildman–Crippen MR) is 160 cm³/mol. The van der Waals surface area contributed by atoms with Crippen LogP contribution in [0.1, 0.15) is 63.6 Å². The summed E-state index contributed by atoms with van der Waals surface area (Å²) in [5, 5.41) is 7.62. The van der Waals surface area contributed by atoms with E-state index in [1.807, 2.05) is 24.4 Å². The smallest absolute Gasteiger partial charge is 0.261 e. The van der Waals surface area contributed by atoms with Crippen LogP contribution in [0.2, 0.25) is 0 Å². The number of nitrogens with zero attached hydrogens (tertiary/aromatic N) is 4. The summed E-state index contributed by atoms with van der Waals surface area (Å²) >= 11 is 0. The molecule has 8 nitrogen and oxygen atoms in total. The van der Waals surface area contributed by atoms with Gasteiger partial charge in [0.25, 0.3) is 11.8 Å². The van der Waals surface area contributed by atoms with Gasteiger partial charge in [-0.2, -0.15) is 0 Å². The highest BCUT2D eigenvalue weighted by Crippen LogP contribution is 2.42. The van der Waals surface area contributed by atoms with Gasteiger partial charge in [-0.25, -0.2) is 18.7 Å². The number of alkyl halides is 2. The van der Waals surface area contributed by atoms with Crippen molar-refractivity contribution in [2.24, 2.45) is 7.05 Å². The van der Waals surface area contributed by atoms with E-state index in [1.54, 1.807) is 4.90 Å². The van der Waals surface area contributed by atoms with E-state index >= 15 is 0 Å². The van der Waals surface area contributed by atoms with Crippen LogP contribution in [-0.2, 0) is 37.7 Å². The number of fused-ring (bicyclic) bond motifs is 4. The highest BCUT2D eigenvalue weighted by molar-refractivity contribution is 6.08. The van der Waals surface area contributed by atoms with Gasteiger partial charge in [0.15, 0.2) is 0 Å². The van der Waals surface area contributed by atoms with Crippen LogP contribution in [0.4, 0.5) is 20.3 Å². The Hall–Kier alpha value is -3.89. The van der Waals surface area contributed by atoms with E-state index in [0.29, 0.717) is 49.9 Å². The summed E-state index contributed by atoms with van der Waals surface area (Å²) in [5.74, 6) is -2.00. The number of aromatic nitrogens is 3. The van der Waals surface area contributed by atoms with E-state index in [4.69, 9.17) is 14.7 Å². The maximum Gasteiger partial charge on any atom is 0.261 e. The van der Waals surface area contributed by atoms with Gasteiger partial charge >= 0.3 is 0 Å². The number of anilines is 2. The van der Waals surface area contributed by atoms with Gasteiger partial charge < -0.3 is 19.9 Å². The first-order valence-electron chi connectivity index (χ1n) is 15.2. The zero-order valence-electron chi connectivity index (χ0n) is 24.2. The summed E-state index contributed by atoms with van der Waals surface area (Å²) in [6.45, 7) is 2.19. The van der Waals surface area contributed by atoms with Crippen molar-refractivity contribution in [1.82, 2.24) is 24.8 Å². The van der Waals surface area contributed by atoms with Crippen LogP contribution in [0.25, 0.3) is 22.2 Å². The number of hydrogen-bond donors (Lipinski definition) is 2. The second kappa shape index (κ2) is 10.1. The molecule has 1 aliphatic carbocycles. The molecule has 0 saturated carbocycles. The average Bonchev–Trinajstić information content (AvgIpc) is 3.82. The molecule has 0 unspecified atom stereocenters. The van der Waals surface area contributed by atoms with Crippen molar-refractivity contribution < 1.29 is 18.3 Å². The predicted octanol–water partition coefficient (Wildman–Crippen LogP) is 5.46. The lowest BCUT2D eigenvalue weighted by Gasteiger charge is -2.21. The van der Waals surface area contributed by atoms with Gasteiger partial charge in [0, 0.05) is 62.9 Å². The van der Waals surface area contributed by atoms with Gasteiger partial charge in [0.2, 0.25) is 0 Å². The molecule has 4 aliphatic rings. The van der Waals surface area contributed by atoms with Crippen molar-refractivity contribution in [3.8, 4) is 11.1 Å². The SMILES string of the molecule is Cn1c2c(c3c(-c4ccc(Nc5ccc([C@@H]6CCOC6)c(CN6CCC(F)(F)C6)n5)c5c4CNC5=O)ccnc31)CCC2. The van der Waals surface area contributed by atoms with Crippen LogP contribution >= 0.6 is 0 Å². The first kappa shape index (κ1) is 26.7. The highest BCUT2D eigenvalue weighted by Gasteiger charge is 2.38. The van der Waals surface area contributed by atoms with Gasteiger partial charge in [-0.3, -0.25) is 9.69 Å². The number of carbonyl (C=O) groups excluding carboxylic acids is 1. The van der Waals surface area contributed by atoms with Gasteiger partial charge in [-0.1, -0.05) is 12.1 Å². The molecule has 10 heteroatoms. The first-order valence-corrected chi connectivity index (χ1v) is 15.2. The van der Waals surface area contributed by atoms with Crippen LogP contribution < -0.4 is 10.6 Å². The third-order valence-electron chi connectivity index (χ3n) is 9.66. The molecule has 1 atom stereocenters. The maximum atomic E-state index is 14.0. The van der Waals surface area contributed by atoms with E-state index in [2.05, 4.69) is 34.4 Å². The normalized spacial score (nSPS) is 21.0. The standard InChI is InChI=1S/C33H34F2N6O2/c1-40-27-4-2-3-23(27)29-22(9-12-36-31(29)40)21-5-7-25(30-24(21)15-37-32(30)42)38-28-8-6-20(19-10-14-43-17-19)26(39-28)16-41-13-11-33(34,35)18-41/h5-9,12,19H,2-4,10-11,13-18H2,1H3,(H,37,42)(H,38,39)/t19-/m1/s1. The Labute approximate surface area is 248 Å². The lowest BCUT2D eigenvalue weighted by atomic mass is 9.93. The van der Waals surface area contributed by atoms with E-state index in [1.165, 1.54) is 16.6 Å². The Morgan fingerprint density at radius 1 is 1.14 bits per heavy atom. The Bertz CT molecular complexity index is 1780. The van der Waals surface area contributed by atoms with Crippen molar-refractivity contribution in [2.75, 3.05) is 31.6 Å². The van der Waals surface area contributed by atoms with Crippen molar-refractivity contribution in [2.45, 2.75) is 57.0 Å². The summed E-state index contributed by atoms with van der Waals surface area (Å²) in [6, 6.07) is 10.1. The summed E-state index contributed by atoms with van der Waals surface area (Å²) in [6.07, 6.45) is 5.86. The van der Waals surface area contributed by atoms with Crippen LogP contribution in [0, 0.1) is 0 Å². The molecule has 0 radical (unpaired) electrons. The van der Waals surface area contributed by atoms with Crippen molar-refractivity contribution in [3.63, 3.8) is 0 Å². The molecule has 3 aromatic heterocycles. The number of halogens is 2. The average molecular weight is 585 g/mol. The molecule has 1 amide bonds. The summed E-state index contributed by atoms with van der Waals surface area (Å²) in [7, 11) is 2.09. The number of nitrogens with one attached hydrogen (secondary N) is 2. The molecule has 0 bridgehead atoms. The van der Waals surface area contributed by atoms with E-state index in [9.17, 15) is 13.6 Å². The van der Waals surface area contributed by atoms with Gasteiger partial charge in [0.1, 0.15) is 11.5 Å². The fourth-order valence-electron chi connectivity index (χ4n) is 7.58. The largest absolute Gasteiger partial charge is 0.381 e. The third-order valence-corrected chi connectivity index (χ3v) is 9.66. The van der Waals surface area contributed by atoms with Crippen LogP contribution in [0.15, 0.2) is 36.5 Å². The maximum absolute atomic E-state index is 14.0. The minimum atomic E-state index is -2.66. The van der Waals surface area contributed by atoms with E-state index in [-0.39, 0.29) is 24.8 Å². The molecule has 2 N–H and O–H groups in total. The fourth-order valence-corrected chi connectivity index (χ4v) is 7.58. The molecule has 43 heavy (non-hydrogen) atoms. The molecule has 0 spiro atoms. The number of hydrogen-bond acceptors (Lipinski definition) is 6. The minimum Gasteiger partial charge on any atom is -0.381 e. The number of pyridine rings is 2. The second-order valence-corrected chi connectivity index (χ2v) is 12.3. The molecule has 6 heterocycles. The van der Waals surface area contributed by atoms with E-state index in [0.717, 1.165) is 59.3 Å². The number of amides is 1. The monoisotopic (exact) mass is 584 g/mol. The number of rotatable bonds is 6. The Morgan fingerprint density at radius 2 is 2.05 bits per heavy atom. The number of benzene rings is 1. The highest BCUT2D eigenvalue weighted by atomic mass is 19.3. The topological polar surface area (TPSA) is 84.3 Å². The number of carbonyl (C=O) groups is 1. The molecular formula is C33H34F2N6O2. The molecule has 2 fully saturated rings. The third kappa shape index (κ3) is 4.50. The molecule has 222 valence electrons. The Morgan fingerprint density at radius 3 is 2.86 bits per heavy atom. The lowest BCUT2D eigenvalue weighted by molar-refractivity contribution is 0.0113. The van der Waals surface area contributed by atoms with Gasteiger partial charge in [0.05, 0.1) is 30.1 Å². The Balaban J connectivity index is 1.17. The molecular weight excluding hydrogens is 550 g/mol. The molecule has 1 aromatic carbocycles. The van der Waals surface area contributed by atoms with Crippen molar-refractivity contribution in [3.05, 3.63) is 70.2 Å². The quantitative estimate of drug-likeness (QED) is 0.313. The zero-order chi connectivity index (χ0) is 29.3. The summed E-state index contributed by atoms with van der Waals surface area (Å²) < 4.78 is 35.8. The minimum absolute atomic E-state index is 0.123. The number of likely N-dealkylation sites (tertiary alicyclic amines) is 1. The van der Waals surface area contributed by atoms with Crippen molar-refractivity contribution in [1.29, 1.82) is 0 Å².